The fourth-order valence-corrected chi connectivity index (χ4v) is 3.72. The maximum atomic E-state index is 14.0. The minimum absolute atomic E-state index is 0.0215. The van der Waals surface area contributed by atoms with Crippen LogP contribution < -0.4 is 14.8 Å². The van der Waals surface area contributed by atoms with Crippen molar-refractivity contribution < 1.29 is 18.3 Å². The quantitative estimate of drug-likeness (QED) is 0.360. The zero-order chi connectivity index (χ0) is 21.5. The molecule has 0 fully saturated rings. The molecule has 0 unspecified atom stereocenters. The molecule has 0 radical (unpaired) electrons. The Labute approximate surface area is 188 Å². The summed E-state index contributed by atoms with van der Waals surface area (Å²) in [4.78, 5) is 0. The highest BCUT2D eigenvalue weighted by atomic mass is 79.9. The summed E-state index contributed by atoms with van der Waals surface area (Å²) >= 11 is 9.61. The number of rotatable bonds is 9. The normalized spacial score (nSPS) is 10.8. The van der Waals surface area contributed by atoms with E-state index in [-0.39, 0.29) is 12.4 Å². The van der Waals surface area contributed by atoms with Gasteiger partial charge in [0.15, 0.2) is 11.5 Å². The van der Waals surface area contributed by atoms with Crippen molar-refractivity contribution in [3.05, 3.63) is 92.4 Å². The van der Waals surface area contributed by atoms with E-state index >= 15 is 0 Å². The third kappa shape index (κ3) is 5.94. The monoisotopic (exact) mass is 495 g/mol. The van der Waals surface area contributed by atoms with Crippen LogP contribution in [0.1, 0.15) is 23.6 Å². The van der Waals surface area contributed by atoms with Crippen molar-refractivity contribution in [2.24, 2.45) is 0 Å². The highest BCUT2D eigenvalue weighted by Gasteiger charge is 2.15. The van der Waals surface area contributed by atoms with E-state index < -0.39 is 5.82 Å². The van der Waals surface area contributed by atoms with E-state index in [1.165, 1.54) is 18.2 Å². The van der Waals surface area contributed by atoms with E-state index in [1.54, 1.807) is 24.3 Å². The van der Waals surface area contributed by atoms with Gasteiger partial charge < -0.3 is 14.8 Å². The minimum Gasteiger partial charge on any atom is -0.490 e. The Morgan fingerprint density at radius 2 is 1.70 bits per heavy atom. The number of halogens is 4. The molecule has 1 N–H and O–H groups in total. The average molecular weight is 497 g/mol. The second-order valence-electron chi connectivity index (χ2n) is 6.56. The topological polar surface area (TPSA) is 30.5 Å². The van der Waals surface area contributed by atoms with Gasteiger partial charge in [-0.2, -0.15) is 0 Å². The van der Waals surface area contributed by atoms with Crippen molar-refractivity contribution in [3.63, 3.8) is 0 Å². The van der Waals surface area contributed by atoms with Gasteiger partial charge in [-0.25, -0.2) is 8.78 Å². The van der Waals surface area contributed by atoms with Crippen molar-refractivity contribution in [1.29, 1.82) is 0 Å². The Bertz CT molecular complexity index is 979. The van der Waals surface area contributed by atoms with E-state index in [0.717, 1.165) is 11.1 Å². The fourth-order valence-electron chi connectivity index (χ4n) is 2.89. The lowest BCUT2D eigenvalue weighted by Gasteiger charge is -2.16. The largest absolute Gasteiger partial charge is 0.490 e. The van der Waals surface area contributed by atoms with Gasteiger partial charge in [0.25, 0.3) is 0 Å². The lowest BCUT2D eigenvalue weighted by Crippen LogP contribution is -2.13. The lowest BCUT2D eigenvalue weighted by atomic mass is 10.1. The minimum atomic E-state index is -0.418. The van der Waals surface area contributed by atoms with Gasteiger partial charge in [0, 0.05) is 18.7 Å². The third-order valence-electron chi connectivity index (χ3n) is 4.36. The number of nitrogens with one attached hydrogen (secondary N) is 1. The summed E-state index contributed by atoms with van der Waals surface area (Å²) < 4.78 is 39.3. The summed E-state index contributed by atoms with van der Waals surface area (Å²) in [6.45, 7) is 3.49. The van der Waals surface area contributed by atoms with E-state index in [2.05, 4.69) is 21.2 Å². The van der Waals surface area contributed by atoms with Crippen molar-refractivity contribution in [2.75, 3.05) is 6.61 Å². The van der Waals surface area contributed by atoms with E-state index in [1.807, 2.05) is 19.1 Å². The van der Waals surface area contributed by atoms with E-state index in [0.29, 0.717) is 46.3 Å². The van der Waals surface area contributed by atoms with Crippen LogP contribution in [0.5, 0.6) is 11.5 Å². The molecule has 0 bridgehead atoms. The van der Waals surface area contributed by atoms with Gasteiger partial charge in [-0.3, -0.25) is 0 Å². The Morgan fingerprint density at radius 1 is 0.967 bits per heavy atom. The third-order valence-corrected chi connectivity index (χ3v) is 5.31. The molecule has 0 aromatic heterocycles. The molecule has 0 amide bonds. The fraction of sp³-hybridized carbons (Fsp3) is 0.217. The summed E-state index contributed by atoms with van der Waals surface area (Å²) in [5, 5.41) is 3.63. The number of hydrogen-bond acceptors (Lipinski definition) is 3. The van der Waals surface area contributed by atoms with Crippen molar-refractivity contribution >= 4 is 27.5 Å². The molecule has 30 heavy (non-hydrogen) atoms. The summed E-state index contributed by atoms with van der Waals surface area (Å²) in [6, 6.07) is 14.7. The van der Waals surface area contributed by atoms with Crippen molar-refractivity contribution in [1.82, 2.24) is 5.32 Å². The molecule has 7 heteroatoms. The zero-order valence-corrected chi connectivity index (χ0v) is 18.7. The first kappa shape index (κ1) is 22.5. The van der Waals surface area contributed by atoms with Crippen LogP contribution in [-0.2, 0) is 19.7 Å². The van der Waals surface area contributed by atoms with Gasteiger partial charge in [0.05, 0.1) is 16.1 Å². The van der Waals surface area contributed by atoms with Crippen molar-refractivity contribution in [2.45, 2.75) is 26.6 Å². The maximum absolute atomic E-state index is 14.0. The first-order chi connectivity index (χ1) is 14.5. The number of benzene rings is 3. The summed E-state index contributed by atoms with van der Waals surface area (Å²) in [5.41, 5.74) is 2.25. The molecule has 3 aromatic carbocycles. The van der Waals surface area contributed by atoms with Crippen LogP contribution in [0.2, 0.25) is 5.02 Å². The van der Waals surface area contributed by atoms with E-state index in [4.69, 9.17) is 21.1 Å². The van der Waals surface area contributed by atoms with Crippen LogP contribution in [0.15, 0.2) is 59.1 Å². The van der Waals surface area contributed by atoms with Crippen LogP contribution in [0.25, 0.3) is 0 Å². The maximum Gasteiger partial charge on any atom is 0.175 e. The molecule has 0 saturated heterocycles. The summed E-state index contributed by atoms with van der Waals surface area (Å²) in [7, 11) is 0. The molecule has 0 aliphatic carbocycles. The predicted octanol–water partition coefficient (Wildman–Crippen LogP) is 6.65. The molecule has 0 heterocycles. The van der Waals surface area contributed by atoms with Crippen LogP contribution in [0.4, 0.5) is 8.78 Å². The van der Waals surface area contributed by atoms with Gasteiger partial charge in [0.1, 0.15) is 18.2 Å². The molecular formula is C23H21BrClF2NO2. The molecule has 3 rings (SSSR count). The van der Waals surface area contributed by atoms with Crippen LogP contribution in [0, 0.1) is 11.6 Å². The molecule has 0 saturated carbocycles. The number of hydrogen-bond donors (Lipinski definition) is 1. The van der Waals surface area contributed by atoms with Crippen LogP contribution >= 0.6 is 27.5 Å². The molecule has 0 spiro atoms. The first-order valence-electron chi connectivity index (χ1n) is 9.44. The summed E-state index contributed by atoms with van der Waals surface area (Å²) in [5.74, 6) is 0.367. The highest BCUT2D eigenvalue weighted by molar-refractivity contribution is 9.10. The van der Waals surface area contributed by atoms with Gasteiger partial charge in [-0.05, 0) is 70.4 Å². The average Bonchev–Trinajstić information content (AvgIpc) is 2.71. The van der Waals surface area contributed by atoms with Gasteiger partial charge >= 0.3 is 0 Å². The van der Waals surface area contributed by atoms with E-state index in [9.17, 15) is 8.78 Å². The Kier molecular flexibility index (Phi) is 8.08. The lowest BCUT2D eigenvalue weighted by molar-refractivity contribution is 0.264. The van der Waals surface area contributed by atoms with Gasteiger partial charge in [-0.1, -0.05) is 29.8 Å². The number of ether oxygens (including phenoxy) is 2. The second kappa shape index (κ2) is 10.8. The molecule has 0 aliphatic heterocycles. The Balaban J connectivity index is 1.70. The Morgan fingerprint density at radius 3 is 2.40 bits per heavy atom. The molecule has 158 valence electrons. The van der Waals surface area contributed by atoms with Crippen LogP contribution in [-0.4, -0.2) is 6.61 Å². The molecule has 0 aliphatic rings. The standard InChI is InChI=1S/C23H21BrClF2NO2/c1-2-29-22-11-16(13-28-12-15-6-8-17(26)9-7-15)10-19(24)23(22)30-14-18-20(25)4-3-5-21(18)27/h3-11,28H,2,12-14H2,1H3. The highest BCUT2D eigenvalue weighted by Crippen LogP contribution is 2.38. The van der Waals surface area contributed by atoms with Crippen LogP contribution in [0.3, 0.4) is 0 Å². The van der Waals surface area contributed by atoms with Gasteiger partial charge in [-0.15, -0.1) is 0 Å². The SMILES string of the molecule is CCOc1cc(CNCc2ccc(F)cc2)cc(Br)c1OCc1c(F)cccc1Cl. The smallest absolute Gasteiger partial charge is 0.175 e. The molecule has 3 aromatic rings. The molecule has 3 nitrogen and oxygen atoms in total. The van der Waals surface area contributed by atoms with Crippen molar-refractivity contribution in [3.8, 4) is 11.5 Å². The first-order valence-corrected chi connectivity index (χ1v) is 10.6. The predicted molar refractivity (Wildman–Crippen MR) is 118 cm³/mol. The zero-order valence-electron chi connectivity index (χ0n) is 16.4. The van der Waals surface area contributed by atoms with Gasteiger partial charge in [0.2, 0.25) is 0 Å². The molecule has 0 atom stereocenters. The molecular weight excluding hydrogens is 476 g/mol. The summed E-state index contributed by atoms with van der Waals surface area (Å²) in [6.07, 6.45) is 0. The second-order valence-corrected chi connectivity index (χ2v) is 7.82. The Hall–Kier alpha value is -2.15.